The standard InChI is InChI=1S/C16H18O8/c17-9-3-4-10-23-15(21)11-5-1-2-6-12(11)16(22)24-14(20)8-7-13(18)19/h1-2,5-6,17H,3-4,7-10H2,(H,18,19). The Labute approximate surface area is 138 Å². The molecular formula is C16H18O8. The van der Waals surface area contributed by atoms with Crippen LogP contribution in [0.5, 0.6) is 0 Å². The van der Waals surface area contributed by atoms with Gasteiger partial charge in [-0.25, -0.2) is 9.59 Å². The number of benzene rings is 1. The Morgan fingerprint density at radius 3 is 2.12 bits per heavy atom. The Hall–Kier alpha value is -2.74. The first-order chi connectivity index (χ1) is 11.5. The lowest BCUT2D eigenvalue weighted by atomic mass is 10.1. The lowest BCUT2D eigenvalue weighted by Gasteiger charge is -2.08. The van der Waals surface area contributed by atoms with Crippen molar-refractivity contribution in [2.75, 3.05) is 13.2 Å². The minimum Gasteiger partial charge on any atom is -0.481 e. The van der Waals surface area contributed by atoms with Gasteiger partial charge < -0.3 is 19.7 Å². The Bertz CT molecular complexity index is 608. The average Bonchev–Trinajstić information content (AvgIpc) is 2.56. The molecule has 0 amide bonds. The van der Waals surface area contributed by atoms with Crippen molar-refractivity contribution in [2.45, 2.75) is 25.7 Å². The van der Waals surface area contributed by atoms with Gasteiger partial charge >= 0.3 is 23.9 Å². The number of ether oxygens (including phenoxy) is 2. The van der Waals surface area contributed by atoms with Gasteiger partial charge in [0.25, 0.3) is 0 Å². The van der Waals surface area contributed by atoms with Crippen molar-refractivity contribution in [2.24, 2.45) is 0 Å². The highest BCUT2D eigenvalue weighted by atomic mass is 16.6. The first-order valence-electron chi connectivity index (χ1n) is 7.29. The van der Waals surface area contributed by atoms with Gasteiger partial charge in [-0.05, 0) is 25.0 Å². The van der Waals surface area contributed by atoms with Crippen molar-refractivity contribution < 1.29 is 38.9 Å². The zero-order valence-corrected chi connectivity index (χ0v) is 12.9. The van der Waals surface area contributed by atoms with Crippen molar-refractivity contribution in [3.63, 3.8) is 0 Å². The maximum Gasteiger partial charge on any atom is 0.346 e. The average molecular weight is 338 g/mol. The summed E-state index contributed by atoms with van der Waals surface area (Å²) in [6.07, 6.45) is 0.0487. The first-order valence-corrected chi connectivity index (χ1v) is 7.29. The molecule has 0 atom stereocenters. The first kappa shape index (κ1) is 19.3. The van der Waals surface area contributed by atoms with Crippen molar-refractivity contribution in [3.05, 3.63) is 35.4 Å². The highest BCUT2D eigenvalue weighted by molar-refractivity contribution is 6.05. The molecule has 8 nitrogen and oxygen atoms in total. The number of hydrogen-bond donors (Lipinski definition) is 2. The summed E-state index contributed by atoms with van der Waals surface area (Å²) in [6.45, 7) is 0.0687. The van der Waals surface area contributed by atoms with E-state index in [-0.39, 0.29) is 24.3 Å². The molecule has 1 aromatic carbocycles. The maximum absolute atomic E-state index is 12.0. The Morgan fingerprint density at radius 1 is 0.917 bits per heavy atom. The van der Waals surface area contributed by atoms with Crippen LogP contribution in [0.2, 0.25) is 0 Å². The van der Waals surface area contributed by atoms with E-state index in [1.807, 2.05) is 0 Å². The maximum atomic E-state index is 12.0. The van der Waals surface area contributed by atoms with E-state index < -0.39 is 36.7 Å². The zero-order valence-electron chi connectivity index (χ0n) is 12.9. The van der Waals surface area contributed by atoms with E-state index in [0.717, 1.165) is 0 Å². The minimum absolute atomic E-state index is 0.0150. The zero-order chi connectivity index (χ0) is 17.9. The van der Waals surface area contributed by atoms with Crippen LogP contribution in [0.25, 0.3) is 0 Å². The molecule has 2 N–H and O–H groups in total. The van der Waals surface area contributed by atoms with Crippen LogP contribution < -0.4 is 0 Å². The molecule has 0 radical (unpaired) electrons. The van der Waals surface area contributed by atoms with Crippen molar-refractivity contribution in [3.8, 4) is 0 Å². The fraction of sp³-hybridized carbons (Fsp3) is 0.375. The number of unbranched alkanes of at least 4 members (excludes halogenated alkanes) is 1. The van der Waals surface area contributed by atoms with Gasteiger partial charge in [-0.1, -0.05) is 12.1 Å². The van der Waals surface area contributed by atoms with Gasteiger partial charge in [0.15, 0.2) is 0 Å². The van der Waals surface area contributed by atoms with E-state index in [1.165, 1.54) is 24.3 Å². The summed E-state index contributed by atoms with van der Waals surface area (Å²) in [5.41, 5.74) is -0.203. The molecule has 24 heavy (non-hydrogen) atoms. The number of rotatable bonds is 9. The van der Waals surface area contributed by atoms with Crippen LogP contribution >= 0.6 is 0 Å². The molecule has 130 valence electrons. The molecule has 0 fully saturated rings. The van der Waals surface area contributed by atoms with Gasteiger partial charge in [-0.3, -0.25) is 9.59 Å². The molecule has 0 saturated carbocycles. The third kappa shape index (κ3) is 6.57. The Balaban J connectivity index is 2.70. The van der Waals surface area contributed by atoms with Crippen LogP contribution in [0.1, 0.15) is 46.4 Å². The quantitative estimate of drug-likeness (QED) is 0.390. The number of aliphatic carboxylic acids is 1. The minimum atomic E-state index is -1.19. The second-order valence-electron chi connectivity index (χ2n) is 4.77. The lowest BCUT2D eigenvalue weighted by molar-refractivity contribution is -0.144. The molecule has 0 aliphatic rings. The molecule has 0 aromatic heterocycles. The SMILES string of the molecule is O=C(O)CCC(=O)OC(=O)c1ccccc1C(=O)OCCCCO. The normalized spacial score (nSPS) is 10.0. The summed E-state index contributed by atoms with van der Waals surface area (Å²) >= 11 is 0. The van der Waals surface area contributed by atoms with Crippen LogP contribution in [0, 0.1) is 0 Å². The van der Waals surface area contributed by atoms with Crippen molar-refractivity contribution in [1.82, 2.24) is 0 Å². The largest absolute Gasteiger partial charge is 0.481 e. The van der Waals surface area contributed by atoms with E-state index in [4.69, 9.17) is 14.9 Å². The van der Waals surface area contributed by atoms with E-state index >= 15 is 0 Å². The molecule has 8 heteroatoms. The van der Waals surface area contributed by atoms with Crippen LogP contribution in [-0.4, -0.2) is 47.3 Å². The number of carbonyl (C=O) groups excluding carboxylic acids is 3. The topological polar surface area (TPSA) is 127 Å². The predicted molar refractivity (Wildman–Crippen MR) is 80.3 cm³/mol. The smallest absolute Gasteiger partial charge is 0.346 e. The lowest BCUT2D eigenvalue weighted by Crippen LogP contribution is -2.18. The fourth-order valence-corrected chi connectivity index (χ4v) is 1.71. The van der Waals surface area contributed by atoms with Gasteiger partial charge in [0.05, 0.1) is 30.6 Å². The molecule has 0 bridgehead atoms. The van der Waals surface area contributed by atoms with Crippen molar-refractivity contribution >= 4 is 23.9 Å². The predicted octanol–water partition coefficient (Wildman–Crippen LogP) is 1.16. The van der Waals surface area contributed by atoms with Gasteiger partial charge in [0.1, 0.15) is 0 Å². The summed E-state index contributed by atoms with van der Waals surface area (Å²) in [5.74, 6) is -3.98. The molecule has 0 spiro atoms. The number of aliphatic hydroxyl groups excluding tert-OH is 1. The number of carboxylic acids is 1. The van der Waals surface area contributed by atoms with Gasteiger partial charge in [0, 0.05) is 6.61 Å². The Morgan fingerprint density at radius 2 is 1.54 bits per heavy atom. The molecule has 0 unspecified atom stereocenters. The van der Waals surface area contributed by atoms with Crippen molar-refractivity contribution in [1.29, 1.82) is 0 Å². The van der Waals surface area contributed by atoms with Gasteiger partial charge in [-0.15, -0.1) is 0 Å². The summed E-state index contributed by atoms with van der Waals surface area (Å²) < 4.78 is 9.52. The summed E-state index contributed by atoms with van der Waals surface area (Å²) in [5, 5.41) is 17.1. The van der Waals surface area contributed by atoms with Gasteiger partial charge in [0.2, 0.25) is 0 Å². The number of esters is 3. The Kier molecular flexibility index (Phi) is 8.14. The van der Waals surface area contributed by atoms with Gasteiger partial charge in [-0.2, -0.15) is 0 Å². The molecule has 0 aliphatic heterocycles. The monoisotopic (exact) mass is 338 g/mol. The molecule has 0 aliphatic carbocycles. The van der Waals surface area contributed by atoms with Crippen LogP contribution in [-0.2, 0) is 19.1 Å². The van der Waals surface area contributed by atoms with E-state index in [1.54, 1.807) is 0 Å². The highest BCUT2D eigenvalue weighted by Gasteiger charge is 2.21. The summed E-state index contributed by atoms with van der Waals surface area (Å²) in [6, 6.07) is 5.66. The fourth-order valence-electron chi connectivity index (χ4n) is 1.71. The number of aliphatic hydroxyl groups is 1. The summed E-state index contributed by atoms with van der Waals surface area (Å²) in [7, 11) is 0. The number of hydrogen-bond acceptors (Lipinski definition) is 7. The van der Waals surface area contributed by atoms with Crippen LogP contribution in [0.15, 0.2) is 24.3 Å². The number of carbonyl (C=O) groups is 4. The van der Waals surface area contributed by atoms with E-state index in [2.05, 4.69) is 4.74 Å². The molecule has 1 aromatic rings. The molecule has 1 rings (SSSR count). The third-order valence-electron chi connectivity index (χ3n) is 2.90. The highest BCUT2D eigenvalue weighted by Crippen LogP contribution is 2.13. The van der Waals surface area contributed by atoms with Crippen LogP contribution in [0.3, 0.4) is 0 Å². The summed E-state index contributed by atoms with van der Waals surface area (Å²) in [4.78, 5) is 45.7. The second-order valence-corrected chi connectivity index (χ2v) is 4.77. The van der Waals surface area contributed by atoms with E-state index in [9.17, 15) is 19.2 Å². The third-order valence-corrected chi connectivity index (χ3v) is 2.90. The molecular weight excluding hydrogens is 320 g/mol. The molecule has 0 heterocycles. The van der Waals surface area contributed by atoms with E-state index in [0.29, 0.717) is 12.8 Å². The molecule has 0 saturated heterocycles. The number of carboxylic acid groups (broad SMARTS) is 1. The second kappa shape index (κ2) is 10.1. The van der Waals surface area contributed by atoms with Crippen LogP contribution in [0.4, 0.5) is 0 Å².